The summed E-state index contributed by atoms with van der Waals surface area (Å²) in [6, 6.07) is 4.74. The standard InChI is InChI=1S/C17H18FNO4S/c1-9-6-19(7-10(9)17(21)22)16(20)15-11(8-23-2)14-12(18)4-3-5-13(14)24-15/h3-5,9-10H,6-8H2,1-2H3,(H,21,22)/t9-,10-/m1/s1. The number of carbonyl (C=O) groups excluding carboxylic acids is 1. The Morgan fingerprint density at radius 2 is 2.17 bits per heavy atom. The number of aliphatic carboxylic acids is 1. The molecule has 1 amide bonds. The summed E-state index contributed by atoms with van der Waals surface area (Å²) in [4.78, 5) is 26.1. The second kappa shape index (κ2) is 6.49. The van der Waals surface area contributed by atoms with Gasteiger partial charge in [-0.05, 0) is 18.1 Å². The summed E-state index contributed by atoms with van der Waals surface area (Å²) in [5, 5.41) is 9.65. The lowest BCUT2D eigenvalue weighted by Gasteiger charge is -2.16. The lowest BCUT2D eigenvalue weighted by molar-refractivity contribution is -0.142. The number of carboxylic acids is 1. The number of ether oxygens (including phenoxy) is 1. The fraction of sp³-hybridized carbons (Fsp3) is 0.412. The smallest absolute Gasteiger partial charge is 0.308 e. The molecule has 1 aliphatic heterocycles. The fourth-order valence-electron chi connectivity index (χ4n) is 3.22. The molecular weight excluding hydrogens is 333 g/mol. The van der Waals surface area contributed by atoms with Gasteiger partial charge in [-0.2, -0.15) is 0 Å². The molecule has 5 nitrogen and oxygen atoms in total. The second-order valence-corrected chi connectivity index (χ2v) is 7.14. The highest BCUT2D eigenvalue weighted by atomic mass is 32.1. The van der Waals surface area contributed by atoms with E-state index in [0.29, 0.717) is 27.1 Å². The molecule has 0 unspecified atom stereocenters. The topological polar surface area (TPSA) is 66.8 Å². The molecule has 2 atom stereocenters. The Labute approximate surface area is 142 Å². The van der Waals surface area contributed by atoms with Gasteiger partial charge in [0.25, 0.3) is 5.91 Å². The monoisotopic (exact) mass is 351 g/mol. The number of hydrogen-bond acceptors (Lipinski definition) is 4. The van der Waals surface area contributed by atoms with E-state index in [9.17, 15) is 19.1 Å². The molecule has 0 bridgehead atoms. The normalized spacial score (nSPS) is 20.7. The van der Waals surface area contributed by atoms with Crippen LogP contribution in [0.25, 0.3) is 10.1 Å². The van der Waals surface area contributed by atoms with Gasteiger partial charge in [-0.3, -0.25) is 9.59 Å². The van der Waals surface area contributed by atoms with Crippen molar-refractivity contribution in [1.29, 1.82) is 0 Å². The molecule has 2 heterocycles. The second-order valence-electron chi connectivity index (χ2n) is 6.09. The number of amides is 1. The van der Waals surface area contributed by atoms with E-state index in [0.717, 1.165) is 0 Å². The summed E-state index contributed by atoms with van der Waals surface area (Å²) in [5.41, 5.74) is 0.534. The molecule has 24 heavy (non-hydrogen) atoms. The molecule has 0 spiro atoms. The summed E-state index contributed by atoms with van der Waals surface area (Å²) >= 11 is 1.23. The third-order valence-electron chi connectivity index (χ3n) is 4.46. The molecule has 1 aromatic carbocycles. The zero-order valence-corrected chi connectivity index (χ0v) is 14.2. The minimum absolute atomic E-state index is 0.108. The van der Waals surface area contributed by atoms with E-state index in [-0.39, 0.29) is 30.8 Å². The van der Waals surface area contributed by atoms with Crippen molar-refractivity contribution >= 4 is 33.3 Å². The molecule has 2 aromatic rings. The van der Waals surface area contributed by atoms with Crippen molar-refractivity contribution in [2.75, 3.05) is 20.2 Å². The SMILES string of the molecule is COCc1c(C(=O)N2C[C@@H](C)[C@H](C(=O)O)C2)sc2cccc(F)c12. The Morgan fingerprint density at radius 1 is 1.42 bits per heavy atom. The van der Waals surface area contributed by atoms with Crippen molar-refractivity contribution in [1.82, 2.24) is 4.90 Å². The average molecular weight is 351 g/mol. The molecular formula is C17H18FNO4S. The van der Waals surface area contributed by atoms with E-state index in [2.05, 4.69) is 0 Å². The molecule has 128 valence electrons. The molecule has 1 N–H and O–H groups in total. The molecule has 1 aromatic heterocycles. The number of hydrogen-bond donors (Lipinski definition) is 1. The largest absolute Gasteiger partial charge is 0.481 e. The first-order valence-corrected chi connectivity index (χ1v) is 8.46. The number of nitrogens with zero attached hydrogens (tertiary/aromatic N) is 1. The summed E-state index contributed by atoms with van der Waals surface area (Å²) in [5.74, 6) is -2.20. The molecule has 1 saturated heterocycles. The molecule has 0 saturated carbocycles. The number of halogens is 1. The minimum atomic E-state index is -0.891. The highest BCUT2D eigenvalue weighted by Gasteiger charge is 2.38. The van der Waals surface area contributed by atoms with Gasteiger partial charge in [-0.15, -0.1) is 11.3 Å². The quantitative estimate of drug-likeness (QED) is 0.920. The van der Waals surface area contributed by atoms with Crippen molar-refractivity contribution in [3.05, 3.63) is 34.5 Å². The molecule has 1 fully saturated rings. The van der Waals surface area contributed by atoms with E-state index < -0.39 is 11.9 Å². The zero-order valence-electron chi connectivity index (χ0n) is 13.4. The lowest BCUT2D eigenvalue weighted by Crippen LogP contribution is -2.30. The van der Waals surface area contributed by atoms with Gasteiger partial charge in [0.15, 0.2) is 0 Å². The maximum absolute atomic E-state index is 14.2. The van der Waals surface area contributed by atoms with Crippen LogP contribution >= 0.6 is 11.3 Å². The van der Waals surface area contributed by atoms with Gasteiger partial charge in [-0.1, -0.05) is 13.0 Å². The van der Waals surface area contributed by atoms with Crippen LogP contribution in [0.4, 0.5) is 4.39 Å². The molecule has 1 aliphatic rings. The van der Waals surface area contributed by atoms with Crippen molar-refractivity contribution in [3.63, 3.8) is 0 Å². The van der Waals surface area contributed by atoms with Crippen LogP contribution in [0, 0.1) is 17.7 Å². The predicted octanol–water partition coefficient (Wildman–Crippen LogP) is 2.98. The van der Waals surface area contributed by atoms with Crippen molar-refractivity contribution in [2.24, 2.45) is 11.8 Å². The summed E-state index contributed by atoms with van der Waals surface area (Å²) in [6.45, 7) is 2.53. The first-order valence-electron chi connectivity index (χ1n) is 7.65. The van der Waals surface area contributed by atoms with Crippen molar-refractivity contribution < 1.29 is 23.8 Å². The molecule has 0 aliphatic carbocycles. The van der Waals surface area contributed by atoms with E-state index in [1.165, 1.54) is 24.5 Å². The third kappa shape index (κ3) is 2.78. The van der Waals surface area contributed by atoms with E-state index >= 15 is 0 Å². The average Bonchev–Trinajstić information content (AvgIpc) is 3.09. The van der Waals surface area contributed by atoms with Crippen LogP contribution in [0.1, 0.15) is 22.2 Å². The predicted molar refractivity (Wildman–Crippen MR) is 88.7 cm³/mol. The van der Waals surface area contributed by atoms with Gasteiger partial charge in [-0.25, -0.2) is 4.39 Å². The van der Waals surface area contributed by atoms with Gasteiger partial charge in [0.05, 0.1) is 17.4 Å². The maximum atomic E-state index is 14.2. The van der Waals surface area contributed by atoms with Gasteiger partial charge >= 0.3 is 5.97 Å². The highest BCUT2D eigenvalue weighted by molar-refractivity contribution is 7.21. The number of carbonyl (C=O) groups is 2. The minimum Gasteiger partial charge on any atom is -0.481 e. The number of rotatable bonds is 4. The van der Waals surface area contributed by atoms with Crippen molar-refractivity contribution in [3.8, 4) is 0 Å². The Kier molecular flexibility index (Phi) is 4.56. The van der Waals surface area contributed by atoms with E-state index in [1.54, 1.807) is 17.0 Å². The van der Waals surface area contributed by atoms with Crippen LogP contribution in [0.5, 0.6) is 0 Å². The highest BCUT2D eigenvalue weighted by Crippen LogP contribution is 2.36. The van der Waals surface area contributed by atoms with E-state index in [1.807, 2.05) is 6.92 Å². The van der Waals surface area contributed by atoms with E-state index in [4.69, 9.17) is 4.74 Å². The Hall–Kier alpha value is -1.99. The Morgan fingerprint density at radius 3 is 2.79 bits per heavy atom. The molecule has 0 radical (unpaired) electrons. The van der Waals surface area contributed by atoms with Crippen LogP contribution in [0.15, 0.2) is 18.2 Å². The van der Waals surface area contributed by atoms with Crippen LogP contribution in [0.2, 0.25) is 0 Å². The Balaban J connectivity index is 2.00. The number of benzene rings is 1. The van der Waals surface area contributed by atoms with Crippen LogP contribution in [0.3, 0.4) is 0 Å². The van der Waals surface area contributed by atoms with Crippen LogP contribution in [-0.2, 0) is 16.1 Å². The summed E-state index contributed by atoms with van der Waals surface area (Å²) in [6.07, 6.45) is 0. The van der Waals surface area contributed by atoms with Gasteiger partial charge in [0.1, 0.15) is 5.82 Å². The lowest BCUT2D eigenvalue weighted by atomic mass is 9.99. The third-order valence-corrected chi connectivity index (χ3v) is 5.65. The number of thiophene rings is 1. The van der Waals surface area contributed by atoms with Gasteiger partial charge in [0, 0.05) is 35.8 Å². The fourth-order valence-corrected chi connectivity index (χ4v) is 4.41. The zero-order chi connectivity index (χ0) is 17.4. The number of likely N-dealkylation sites (tertiary alicyclic amines) is 1. The first-order chi connectivity index (χ1) is 11.4. The van der Waals surface area contributed by atoms with Crippen LogP contribution in [-0.4, -0.2) is 42.1 Å². The number of fused-ring (bicyclic) bond motifs is 1. The molecule has 7 heteroatoms. The van der Waals surface area contributed by atoms with Crippen molar-refractivity contribution in [2.45, 2.75) is 13.5 Å². The number of carboxylic acid groups (broad SMARTS) is 1. The maximum Gasteiger partial charge on any atom is 0.308 e. The Bertz CT molecular complexity index is 803. The summed E-state index contributed by atoms with van der Waals surface area (Å²) in [7, 11) is 1.50. The van der Waals surface area contributed by atoms with Gasteiger partial charge in [0.2, 0.25) is 0 Å². The van der Waals surface area contributed by atoms with Gasteiger partial charge < -0.3 is 14.7 Å². The van der Waals surface area contributed by atoms with Crippen LogP contribution < -0.4 is 0 Å². The number of methoxy groups -OCH3 is 1. The molecule has 3 rings (SSSR count). The summed E-state index contributed by atoms with van der Waals surface area (Å²) < 4.78 is 20.0. The first kappa shape index (κ1) is 16.9.